The monoisotopic (exact) mass is 299 g/mol. The number of amides is 1. The number of carboxylic acids is 1. The maximum Gasteiger partial charge on any atom is 4.00 e. The van der Waals surface area contributed by atoms with Crippen LogP contribution in [0.25, 0.3) is 0 Å². The molecule has 0 aliphatic carbocycles. The molecule has 1 amide bonds. The topological polar surface area (TPSA) is 141 Å². The first-order valence-electron chi connectivity index (χ1n) is 2.99. The summed E-state index contributed by atoms with van der Waals surface area (Å²) in [6.45, 7) is 0. The summed E-state index contributed by atoms with van der Waals surface area (Å²) in [5.74, 6) is -1.79. The van der Waals surface area contributed by atoms with Gasteiger partial charge in [0.2, 0.25) is 5.91 Å². The Hall–Kier alpha value is -0.0156. The third-order valence-electron chi connectivity index (χ3n) is 1.12. The SMILES string of the molecule is N[C@@H](CCC(=O)NO)C(=O)O.[Cl-].[Cl-].[O-2].[V+4]. The Morgan fingerprint density at radius 3 is 2.00 bits per heavy atom. The van der Waals surface area contributed by atoms with Crippen LogP contribution in [-0.2, 0) is 33.6 Å². The molecule has 89 valence electrons. The van der Waals surface area contributed by atoms with E-state index >= 15 is 0 Å². The van der Waals surface area contributed by atoms with Gasteiger partial charge in [0.15, 0.2) is 0 Å². The second-order valence-electron chi connectivity index (χ2n) is 2.02. The van der Waals surface area contributed by atoms with Crippen molar-refractivity contribution in [3.8, 4) is 0 Å². The molecule has 7 nitrogen and oxygen atoms in total. The summed E-state index contributed by atoms with van der Waals surface area (Å²) < 4.78 is 0. The third kappa shape index (κ3) is 16.6. The molecule has 1 radical (unpaired) electrons. The van der Waals surface area contributed by atoms with Crippen molar-refractivity contribution in [2.45, 2.75) is 18.9 Å². The van der Waals surface area contributed by atoms with Crippen molar-refractivity contribution in [3.63, 3.8) is 0 Å². The molecule has 5 N–H and O–H groups in total. The molecule has 0 aromatic carbocycles. The van der Waals surface area contributed by atoms with Gasteiger partial charge < -0.3 is 41.1 Å². The number of nitrogens with two attached hydrogens (primary N) is 1. The molecule has 0 saturated carbocycles. The van der Waals surface area contributed by atoms with E-state index < -0.39 is 17.9 Å². The molecule has 0 aliphatic heterocycles. The summed E-state index contributed by atoms with van der Waals surface area (Å²) >= 11 is 0. The van der Waals surface area contributed by atoms with Crippen LogP contribution < -0.4 is 36.0 Å². The Labute approximate surface area is 111 Å². The van der Waals surface area contributed by atoms with Crippen molar-refractivity contribution >= 4 is 11.9 Å². The maximum absolute atomic E-state index is 10.3. The molecule has 0 fully saturated rings. The normalized spacial score (nSPS) is 8.93. The standard InChI is InChI=1S/C5H10N2O4.2ClH.O.V/c6-3(5(9)10)1-2-4(8)7-11;;;;/h3,11H,1-2,6H2,(H,7,8)(H,9,10);2*1H;;/q;;;-2;+4/p-2/t3-;;;;/m0..../s1. The van der Waals surface area contributed by atoms with E-state index in [1.54, 1.807) is 0 Å². The van der Waals surface area contributed by atoms with E-state index in [1.165, 1.54) is 5.48 Å². The molecule has 0 rings (SSSR count). The molecular formula is C5H10Cl2N2O5V. The molecule has 0 bridgehead atoms. The fraction of sp³-hybridized carbons (Fsp3) is 0.600. The van der Waals surface area contributed by atoms with Gasteiger partial charge in [-0.2, -0.15) is 0 Å². The Balaban J connectivity index is -0.0000000833. The van der Waals surface area contributed by atoms with E-state index in [-0.39, 0.29) is 61.7 Å². The maximum atomic E-state index is 10.3. The Morgan fingerprint density at radius 1 is 1.33 bits per heavy atom. The van der Waals surface area contributed by atoms with Gasteiger partial charge in [-0.25, -0.2) is 5.48 Å². The zero-order valence-electron chi connectivity index (χ0n) is 7.39. The number of carbonyl (C=O) groups is 2. The van der Waals surface area contributed by atoms with Gasteiger partial charge >= 0.3 is 24.5 Å². The smallest absolute Gasteiger partial charge is 2.00 e. The van der Waals surface area contributed by atoms with E-state index in [9.17, 15) is 9.59 Å². The number of rotatable bonds is 4. The van der Waals surface area contributed by atoms with Crippen LogP contribution in [0.4, 0.5) is 0 Å². The predicted octanol–water partition coefficient (Wildman–Crippen LogP) is -7.43. The first kappa shape index (κ1) is 29.4. The average molecular weight is 300 g/mol. The summed E-state index contributed by atoms with van der Waals surface area (Å²) in [5, 5.41) is 16.2. The van der Waals surface area contributed by atoms with Gasteiger partial charge in [-0.1, -0.05) is 0 Å². The van der Waals surface area contributed by atoms with E-state index in [4.69, 9.17) is 16.0 Å². The second-order valence-corrected chi connectivity index (χ2v) is 2.02. The van der Waals surface area contributed by atoms with Crippen LogP contribution in [0, 0.1) is 0 Å². The molecule has 15 heavy (non-hydrogen) atoms. The molecule has 0 aromatic rings. The number of hydroxylamine groups is 1. The van der Waals surface area contributed by atoms with Gasteiger partial charge in [0.25, 0.3) is 0 Å². The fourth-order valence-electron chi connectivity index (χ4n) is 0.466. The van der Waals surface area contributed by atoms with Crippen LogP contribution in [0.1, 0.15) is 12.8 Å². The van der Waals surface area contributed by atoms with Gasteiger partial charge in [-0.3, -0.25) is 14.8 Å². The summed E-state index contributed by atoms with van der Waals surface area (Å²) in [4.78, 5) is 20.4. The van der Waals surface area contributed by atoms with Crippen molar-refractivity contribution in [3.05, 3.63) is 0 Å². The quantitative estimate of drug-likeness (QED) is 0.301. The number of hydrogen-bond donors (Lipinski definition) is 4. The zero-order chi connectivity index (χ0) is 8.85. The number of aliphatic carboxylic acids is 1. The first-order chi connectivity index (χ1) is 5.07. The number of halogens is 2. The molecule has 0 aliphatic rings. The molecule has 0 aromatic heterocycles. The number of carboxylic acid groups (broad SMARTS) is 1. The molecule has 0 heterocycles. The van der Waals surface area contributed by atoms with Crippen LogP contribution in [0.15, 0.2) is 0 Å². The van der Waals surface area contributed by atoms with Gasteiger partial charge in [-0.05, 0) is 6.42 Å². The van der Waals surface area contributed by atoms with E-state index in [0.29, 0.717) is 0 Å². The Kier molecular flexibility index (Phi) is 32.2. The van der Waals surface area contributed by atoms with Gasteiger partial charge in [0.1, 0.15) is 6.04 Å². The van der Waals surface area contributed by atoms with E-state index in [2.05, 4.69) is 0 Å². The number of hydrogen-bond acceptors (Lipinski definition) is 4. The number of nitrogens with one attached hydrogen (secondary N) is 1. The minimum atomic E-state index is -1.16. The van der Waals surface area contributed by atoms with Gasteiger partial charge in [0, 0.05) is 6.42 Å². The van der Waals surface area contributed by atoms with Crippen LogP contribution in [0.5, 0.6) is 0 Å². The predicted molar refractivity (Wildman–Crippen MR) is 35.5 cm³/mol. The van der Waals surface area contributed by atoms with E-state index in [1.807, 2.05) is 0 Å². The van der Waals surface area contributed by atoms with Crippen molar-refractivity contribution in [2.75, 3.05) is 0 Å². The molecule has 1 atom stereocenters. The zero-order valence-corrected chi connectivity index (χ0v) is 10.3. The Morgan fingerprint density at radius 2 is 1.73 bits per heavy atom. The van der Waals surface area contributed by atoms with Crippen LogP contribution in [-0.4, -0.2) is 28.2 Å². The number of carbonyl (C=O) groups excluding carboxylic acids is 1. The fourth-order valence-corrected chi connectivity index (χ4v) is 0.466. The molecule has 0 saturated heterocycles. The molecular weight excluding hydrogens is 290 g/mol. The molecule has 10 heteroatoms. The summed E-state index contributed by atoms with van der Waals surface area (Å²) in [6.07, 6.45) is -0.0777. The summed E-state index contributed by atoms with van der Waals surface area (Å²) in [6, 6.07) is -1.05. The van der Waals surface area contributed by atoms with Crippen LogP contribution >= 0.6 is 0 Å². The summed E-state index contributed by atoms with van der Waals surface area (Å²) in [5.41, 5.74) is 6.43. The first-order valence-corrected chi connectivity index (χ1v) is 2.99. The molecule has 0 unspecified atom stereocenters. The van der Waals surface area contributed by atoms with Crippen molar-refractivity contribution < 1.29 is 68.7 Å². The van der Waals surface area contributed by atoms with Gasteiger partial charge in [0.05, 0.1) is 0 Å². The van der Waals surface area contributed by atoms with Crippen LogP contribution in [0.2, 0.25) is 0 Å². The third-order valence-corrected chi connectivity index (χ3v) is 1.12. The van der Waals surface area contributed by atoms with Crippen molar-refractivity contribution in [1.29, 1.82) is 0 Å². The molecule has 0 spiro atoms. The average Bonchev–Trinajstić information content (AvgIpc) is 1.99. The second kappa shape index (κ2) is 16.4. The Bertz CT molecular complexity index is 174. The minimum Gasteiger partial charge on any atom is -2.00 e. The van der Waals surface area contributed by atoms with Crippen molar-refractivity contribution in [1.82, 2.24) is 5.48 Å². The van der Waals surface area contributed by atoms with E-state index in [0.717, 1.165) is 0 Å². The van der Waals surface area contributed by atoms with Gasteiger partial charge in [-0.15, -0.1) is 0 Å². The van der Waals surface area contributed by atoms with Crippen LogP contribution in [0.3, 0.4) is 0 Å². The van der Waals surface area contributed by atoms with Crippen molar-refractivity contribution in [2.24, 2.45) is 5.73 Å². The largest absolute Gasteiger partial charge is 4.00 e. The minimum absolute atomic E-state index is 0. The summed E-state index contributed by atoms with van der Waals surface area (Å²) in [7, 11) is 0.